The highest BCUT2D eigenvalue weighted by molar-refractivity contribution is 9.10. The molecule has 0 radical (unpaired) electrons. The number of carboxylic acids is 1. The lowest BCUT2D eigenvalue weighted by molar-refractivity contribution is -0.142. The Labute approximate surface area is 151 Å². The highest BCUT2D eigenvalue weighted by Gasteiger charge is 2.32. The molecule has 0 fully saturated rings. The zero-order valence-electron chi connectivity index (χ0n) is 13.4. The second kappa shape index (κ2) is 7.59. The van der Waals surface area contributed by atoms with Gasteiger partial charge in [0.25, 0.3) is 0 Å². The van der Waals surface area contributed by atoms with Gasteiger partial charge in [0.15, 0.2) is 4.90 Å². The smallest absolute Gasteiger partial charge is 0.311 e. The number of halogens is 1. The van der Waals surface area contributed by atoms with E-state index in [2.05, 4.69) is 15.9 Å². The summed E-state index contributed by atoms with van der Waals surface area (Å²) in [6.07, 6.45) is 0. The standard InChI is InChI=1S/C18H19BrO4S/c1-12(2)17(18(20)21)11-24(22,23)16-9-5-14(6-10-16)13-3-7-15(19)8-4-13/h3-10,12,17H,11H2,1-2H3,(H-,20,21,22,23)/t17-/m0/s1. The molecule has 0 saturated heterocycles. The van der Waals surface area contributed by atoms with Crippen molar-refractivity contribution >= 4 is 32.1 Å². The fourth-order valence-corrected chi connectivity index (χ4v) is 4.39. The van der Waals surface area contributed by atoms with Gasteiger partial charge in [-0.25, -0.2) is 0 Å². The van der Waals surface area contributed by atoms with Gasteiger partial charge in [0.2, 0.25) is 0 Å². The van der Waals surface area contributed by atoms with Crippen molar-refractivity contribution in [3.8, 4) is 11.1 Å². The molecule has 6 heteroatoms. The van der Waals surface area contributed by atoms with Crippen LogP contribution in [0.15, 0.2) is 57.9 Å². The van der Waals surface area contributed by atoms with E-state index in [9.17, 15) is 18.7 Å². The number of benzene rings is 2. The third-order valence-corrected chi connectivity index (χ3v) is 6.23. The van der Waals surface area contributed by atoms with Crippen molar-refractivity contribution in [1.82, 2.24) is 0 Å². The third-order valence-electron chi connectivity index (χ3n) is 3.91. The molecule has 2 atom stereocenters. The number of rotatable bonds is 6. The molecule has 1 N–H and O–H groups in total. The van der Waals surface area contributed by atoms with Crippen molar-refractivity contribution in [2.24, 2.45) is 11.8 Å². The van der Waals surface area contributed by atoms with Crippen molar-refractivity contribution < 1.29 is 18.7 Å². The Balaban J connectivity index is 2.24. The highest BCUT2D eigenvalue weighted by atomic mass is 79.9. The van der Waals surface area contributed by atoms with E-state index in [0.717, 1.165) is 15.6 Å². The molecule has 0 spiro atoms. The maximum Gasteiger partial charge on any atom is 0.311 e. The highest BCUT2D eigenvalue weighted by Crippen LogP contribution is 2.27. The first-order chi connectivity index (χ1) is 11.2. The molecule has 128 valence electrons. The van der Waals surface area contributed by atoms with Gasteiger partial charge in [-0.3, -0.25) is 4.79 Å². The number of carbonyl (C=O) groups is 1. The molecule has 2 rings (SSSR count). The van der Waals surface area contributed by atoms with Gasteiger partial charge in [0.1, 0.15) is 11.7 Å². The minimum absolute atomic E-state index is 0.148. The Morgan fingerprint density at radius 3 is 1.96 bits per heavy atom. The minimum Gasteiger partial charge on any atom is -0.610 e. The molecule has 2 aromatic rings. The molecule has 0 heterocycles. The van der Waals surface area contributed by atoms with Gasteiger partial charge in [-0.2, -0.15) is 0 Å². The maximum absolute atomic E-state index is 12.5. The average molecular weight is 411 g/mol. The van der Waals surface area contributed by atoms with Crippen molar-refractivity contribution in [1.29, 1.82) is 0 Å². The first kappa shape index (κ1) is 18.8. The Morgan fingerprint density at radius 2 is 1.54 bits per heavy atom. The van der Waals surface area contributed by atoms with Crippen LogP contribution < -0.4 is 0 Å². The summed E-state index contributed by atoms with van der Waals surface area (Å²) in [5, 5.41) is 9.20. The first-order valence-corrected chi connectivity index (χ1v) is 9.97. The van der Waals surface area contributed by atoms with Crippen LogP contribution in [0, 0.1) is 11.8 Å². The normalized spacial score (nSPS) is 15.0. The van der Waals surface area contributed by atoms with Gasteiger partial charge in [0.05, 0.1) is 10.2 Å². The summed E-state index contributed by atoms with van der Waals surface area (Å²) in [7, 11) is -3.64. The number of aliphatic carboxylic acids is 1. The summed E-state index contributed by atoms with van der Waals surface area (Å²) in [6.45, 7) is 3.43. The van der Waals surface area contributed by atoms with Crippen molar-refractivity contribution in [3.05, 3.63) is 53.0 Å². The van der Waals surface area contributed by atoms with Gasteiger partial charge in [-0.05, 0) is 53.4 Å². The lowest BCUT2D eigenvalue weighted by atomic mass is 9.98. The summed E-state index contributed by atoms with van der Waals surface area (Å²) in [5.41, 5.74) is 1.88. The minimum atomic E-state index is -3.64. The number of sulfone groups is 1. The molecule has 0 aromatic heterocycles. The van der Waals surface area contributed by atoms with Crippen LogP contribution in [0.2, 0.25) is 0 Å². The average Bonchev–Trinajstić information content (AvgIpc) is 2.53. The fraction of sp³-hybridized carbons (Fsp3) is 0.278. The Bertz CT molecular complexity index is 754. The van der Waals surface area contributed by atoms with E-state index in [-0.39, 0.29) is 10.8 Å². The number of hydrogen-bond acceptors (Lipinski definition) is 3. The second-order valence-electron chi connectivity index (χ2n) is 6.00. The molecule has 2 aromatic carbocycles. The zero-order chi connectivity index (χ0) is 17.9. The summed E-state index contributed by atoms with van der Waals surface area (Å²) in [4.78, 5) is 11.4. The maximum atomic E-state index is 12.5. The molecule has 0 aliphatic rings. The predicted molar refractivity (Wildman–Crippen MR) is 97.5 cm³/mol. The Hall–Kier alpha value is -1.50. The Morgan fingerprint density at radius 1 is 1.08 bits per heavy atom. The molecule has 0 amide bonds. The van der Waals surface area contributed by atoms with Crippen molar-refractivity contribution in [2.45, 2.75) is 18.7 Å². The Kier molecular flexibility index (Phi) is 5.96. The monoisotopic (exact) mass is 410 g/mol. The van der Waals surface area contributed by atoms with E-state index >= 15 is 0 Å². The number of hydrogen-bond donors (Lipinski definition) is 1. The van der Waals surface area contributed by atoms with Crippen molar-refractivity contribution in [3.63, 3.8) is 0 Å². The van der Waals surface area contributed by atoms with Gasteiger partial charge in [-0.1, -0.05) is 41.9 Å². The van der Waals surface area contributed by atoms with Crippen LogP contribution in [0.1, 0.15) is 13.8 Å². The van der Waals surface area contributed by atoms with Gasteiger partial charge < -0.3 is 9.66 Å². The molecular weight excluding hydrogens is 392 g/mol. The summed E-state index contributed by atoms with van der Waals surface area (Å²) in [6, 6.07) is 14.3. The van der Waals surface area contributed by atoms with E-state index in [1.54, 1.807) is 26.0 Å². The fourth-order valence-electron chi connectivity index (χ4n) is 2.38. The summed E-state index contributed by atoms with van der Waals surface area (Å²) < 4.78 is 25.9. The SMILES string of the molecule is CC(C)[C@H](C[S+](=O)([O-])c1ccc(-c2ccc(Br)cc2)cc1)C(=O)O. The lowest BCUT2D eigenvalue weighted by Crippen LogP contribution is -2.31. The molecule has 24 heavy (non-hydrogen) atoms. The summed E-state index contributed by atoms with van der Waals surface area (Å²) in [5.74, 6) is -2.64. The molecule has 1 unspecified atom stereocenters. The quantitative estimate of drug-likeness (QED) is 0.712. The van der Waals surface area contributed by atoms with E-state index in [4.69, 9.17) is 0 Å². The number of carboxylic acid groups (broad SMARTS) is 1. The van der Waals surface area contributed by atoms with Crippen molar-refractivity contribution in [2.75, 3.05) is 5.75 Å². The van der Waals surface area contributed by atoms with Crippen LogP contribution in [-0.2, 0) is 19.2 Å². The molecule has 4 nitrogen and oxygen atoms in total. The largest absolute Gasteiger partial charge is 0.610 e. The lowest BCUT2D eigenvalue weighted by Gasteiger charge is -2.21. The first-order valence-electron chi connectivity index (χ1n) is 7.52. The van der Waals surface area contributed by atoms with E-state index in [0.29, 0.717) is 0 Å². The molecule has 0 saturated carbocycles. The van der Waals surface area contributed by atoms with Gasteiger partial charge >= 0.3 is 5.97 Å². The molecular formula is C18H19BrO4S. The molecule has 0 aliphatic heterocycles. The zero-order valence-corrected chi connectivity index (χ0v) is 15.8. The summed E-state index contributed by atoms with van der Waals surface area (Å²) >= 11 is 3.37. The van der Waals surface area contributed by atoms with Crippen LogP contribution in [0.4, 0.5) is 0 Å². The van der Waals surface area contributed by atoms with Gasteiger partial charge in [-0.15, -0.1) is 4.21 Å². The molecule has 0 bridgehead atoms. The van der Waals surface area contributed by atoms with E-state index in [1.807, 2.05) is 24.3 Å². The molecule has 0 aliphatic carbocycles. The van der Waals surface area contributed by atoms with Crippen LogP contribution in [-0.4, -0.2) is 21.4 Å². The third kappa shape index (κ3) is 4.53. The topological polar surface area (TPSA) is 77.4 Å². The van der Waals surface area contributed by atoms with Gasteiger partial charge in [0, 0.05) is 4.47 Å². The second-order valence-corrected chi connectivity index (χ2v) is 8.95. The van der Waals surface area contributed by atoms with E-state index in [1.165, 1.54) is 12.1 Å². The predicted octanol–water partition coefficient (Wildman–Crippen LogP) is 4.46. The van der Waals surface area contributed by atoms with Crippen LogP contribution in [0.5, 0.6) is 0 Å². The van der Waals surface area contributed by atoms with Crippen LogP contribution >= 0.6 is 15.9 Å². The van der Waals surface area contributed by atoms with E-state index < -0.39 is 27.9 Å². The van der Waals surface area contributed by atoms with Crippen LogP contribution in [0.3, 0.4) is 0 Å². The van der Waals surface area contributed by atoms with Crippen LogP contribution in [0.25, 0.3) is 11.1 Å².